The Hall–Kier alpha value is -3.66. The van der Waals surface area contributed by atoms with Crippen LogP contribution in [0, 0.1) is 13.8 Å². The van der Waals surface area contributed by atoms with Crippen LogP contribution < -0.4 is 0 Å². The van der Waals surface area contributed by atoms with E-state index >= 15 is 0 Å². The van der Waals surface area contributed by atoms with Gasteiger partial charge < -0.3 is 14.9 Å². The standard InChI is InChI=1S/C12H11ClN2O2.C11H9ClN2O2.CH4O/c1-7-3-4-8(12(16)17-2)5-9(7)11-10(13)6-14-15-11;1-6-2-3-7(11(15)16)4-8(6)10-9(12)5-13-14-10;1-2/h3-6H,1-2H3,(H,14,15);2-5H,1H3,(H,13,14)(H,15,16);2H,1H3. The number of ether oxygens (including phenoxy) is 1. The molecule has 0 fully saturated rings. The molecule has 35 heavy (non-hydrogen) atoms. The molecule has 0 saturated carbocycles. The zero-order valence-corrected chi connectivity index (χ0v) is 20.9. The Balaban J connectivity index is 0.000000231. The highest BCUT2D eigenvalue weighted by atomic mass is 35.5. The lowest BCUT2D eigenvalue weighted by atomic mass is 10.0. The zero-order chi connectivity index (χ0) is 26.1. The molecule has 0 amide bonds. The van der Waals surface area contributed by atoms with Crippen LogP contribution in [0.1, 0.15) is 31.8 Å². The fourth-order valence-corrected chi connectivity index (χ4v) is 3.47. The van der Waals surface area contributed by atoms with Gasteiger partial charge in [-0.3, -0.25) is 10.2 Å². The largest absolute Gasteiger partial charge is 0.478 e. The molecule has 0 aliphatic heterocycles. The highest BCUT2D eigenvalue weighted by Crippen LogP contribution is 2.29. The smallest absolute Gasteiger partial charge is 0.337 e. The number of carboxylic acids is 1. The van der Waals surface area contributed by atoms with Gasteiger partial charge in [0.15, 0.2) is 0 Å². The average Bonchev–Trinajstić information content (AvgIpc) is 3.48. The number of rotatable bonds is 4. The molecule has 0 atom stereocenters. The molecule has 4 aromatic rings. The van der Waals surface area contributed by atoms with Crippen molar-refractivity contribution in [3.05, 3.63) is 81.1 Å². The minimum absolute atomic E-state index is 0.228. The number of aryl methyl sites for hydroxylation is 2. The maximum atomic E-state index is 11.5. The van der Waals surface area contributed by atoms with Crippen molar-refractivity contribution in [3.63, 3.8) is 0 Å². The van der Waals surface area contributed by atoms with Crippen molar-refractivity contribution in [2.75, 3.05) is 14.2 Å². The number of aliphatic hydroxyl groups is 1. The first-order valence-corrected chi connectivity index (χ1v) is 10.8. The summed E-state index contributed by atoms with van der Waals surface area (Å²) < 4.78 is 4.68. The minimum atomic E-state index is -0.961. The third-order valence-electron chi connectivity index (χ3n) is 4.87. The summed E-state index contributed by atoms with van der Waals surface area (Å²) in [7, 11) is 2.35. The van der Waals surface area contributed by atoms with Crippen LogP contribution in [0.4, 0.5) is 0 Å². The van der Waals surface area contributed by atoms with Crippen LogP contribution >= 0.6 is 23.2 Å². The molecule has 184 valence electrons. The van der Waals surface area contributed by atoms with Crippen molar-refractivity contribution >= 4 is 35.1 Å². The molecule has 2 heterocycles. The van der Waals surface area contributed by atoms with Gasteiger partial charge in [0.1, 0.15) is 0 Å². The summed E-state index contributed by atoms with van der Waals surface area (Å²) in [5.41, 5.74) is 5.60. The Morgan fingerprint density at radius 2 is 1.26 bits per heavy atom. The van der Waals surface area contributed by atoms with Gasteiger partial charge in [0.2, 0.25) is 0 Å². The van der Waals surface area contributed by atoms with Gasteiger partial charge in [0.05, 0.1) is 52.1 Å². The number of halogens is 2. The van der Waals surface area contributed by atoms with Crippen molar-refractivity contribution in [2.45, 2.75) is 13.8 Å². The number of carbonyl (C=O) groups is 2. The lowest BCUT2D eigenvalue weighted by Crippen LogP contribution is -2.01. The zero-order valence-electron chi connectivity index (χ0n) is 19.4. The van der Waals surface area contributed by atoms with Crippen molar-refractivity contribution in [2.24, 2.45) is 0 Å². The van der Waals surface area contributed by atoms with Crippen LogP contribution in [-0.2, 0) is 4.74 Å². The fourth-order valence-electron chi connectivity index (χ4n) is 3.08. The molecule has 0 aliphatic rings. The first kappa shape index (κ1) is 27.6. The number of hydrogen-bond acceptors (Lipinski definition) is 6. The summed E-state index contributed by atoms with van der Waals surface area (Å²) in [5.74, 6) is -1.33. The van der Waals surface area contributed by atoms with Crippen LogP contribution in [0.2, 0.25) is 10.0 Å². The molecule has 0 unspecified atom stereocenters. The molecule has 0 bridgehead atoms. The average molecular weight is 519 g/mol. The molecule has 0 saturated heterocycles. The van der Waals surface area contributed by atoms with E-state index in [1.54, 1.807) is 30.3 Å². The molecule has 2 aromatic heterocycles. The number of carbonyl (C=O) groups excluding carboxylic acids is 1. The van der Waals surface area contributed by atoms with Gasteiger partial charge in [-0.25, -0.2) is 9.59 Å². The van der Waals surface area contributed by atoms with Crippen LogP contribution in [0.15, 0.2) is 48.8 Å². The molecule has 4 rings (SSSR count). The SMILES string of the molecule is CO.COC(=O)c1ccc(C)c(-c2[nH]ncc2Cl)c1.Cc1ccc(C(=O)O)cc1-c1[nH]ncc1Cl. The van der Waals surface area contributed by atoms with Gasteiger partial charge >= 0.3 is 11.9 Å². The predicted molar refractivity (Wildman–Crippen MR) is 134 cm³/mol. The second-order valence-electron chi connectivity index (χ2n) is 7.04. The highest BCUT2D eigenvalue weighted by Gasteiger charge is 2.13. The number of aromatic amines is 2. The molecule has 9 nitrogen and oxygen atoms in total. The van der Waals surface area contributed by atoms with E-state index in [2.05, 4.69) is 25.1 Å². The van der Waals surface area contributed by atoms with Crippen LogP contribution in [0.25, 0.3) is 22.5 Å². The quantitative estimate of drug-likeness (QED) is 0.273. The third-order valence-corrected chi connectivity index (χ3v) is 5.44. The third kappa shape index (κ3) is 6.69. The molecule has 0 aliphatic carbocycles. The lowest BCUT2D eigenvalue weighted by molar-refractivity contribution is 0.0600. The number of nitrogens with one attached hydrogen (secondary N) is 2. The number of nitrogens with zero attached hydrogens (tertiary/aromatic N) is 2. The van der Waals surface area contributed by atoms with Gasteiger partial charge in [-0.1, -0.05) is 35.3 Å². The maximum absolute atomic E-state index is 11.5. The van der Waals surface area contributed by atoms with E-state index in [0.29, 0.717) is 27.0 Å². The van der Waals surface area contributed by atoms with Gasteiger partial charge in [0, 0.05) is 18.2 Å². The summed E-state index contributed by atoms with van der Waals surface area (Å²) >= 11 is 11.9. The lowest BCUT2D eigenvalue weighted by Gasteiger charge is -2.06. The van der Waals surface area contributed by atoms with E-state index < -0.39 is 5.97 Å². The number of carboxylic acid groups (broad SMARTS) is 1. The first-order chi connectivity index (χ1) is 16.7. The molecular formula is C24H24Cl2N4O5. The van der Waals surface area contributed by atoms with E-state index in [1.165, 1.54) is 19.5 Å². The Morgan fingerprint density at radius 3 is 1.63 bits per heavy atom. The Labute approximate surface area is 211 Å². The van der Waals surface area contributed by atoms with Crippen molar-refractivity contribution < 1.29 is 24.5 Å². The molecular weight excluding hydrogens is 495 g/mol. The maximum Gasteiger partial charge on any atom is 0.337 e. The number of esters is 1. The summed E-state index contributed by atoms with van der Waals surface area (Å²) in [4.78, 5) is 22.3. The monoisotopic (exact) mass is 518 g/mol. The Bertz CT molecular complexity index is 1320. The van der Waals surface area contributed by atoms with Gasteiger partial charge in [0.25, 0.3) is 0 Å². The van der Waals surface area contributed by atoms with Gasteiger partial charge in [-0.15, -0.1) is 0 Å². The molecule has 2 aromatic carbocycles. The minimum Gasteiger partial charge on any atom is -0.478 e. The Morgan fingerprint density at radius 1 is 0.829 bits per heavy atom. The topological polar surface area (TPSA) is 141 Å². The van der Waals surface area contributed by atoms with Crippen LogP contribution in [0.3, 0.4) is 0 Å². The molecule has 4 N–H and O–H groups in total. The van der Waals surface area contributed by atoms with Crippen molar-refractivity contribution in [3.8, 4) is 22.5 Å². The van der Waals surface area contributed by atoms with Crippen molar-refractivity contribution in [1.82, 2.24) is 20.4 Å². The number of aromatic carboxylic acids is 1. The number of aromatic nitrogens is 4. The number of aliphatic hydroxyl groups excluding tert-OH is 1. The molecule has 0 spiro atoms. The number of H-pyrrole nitrogens is 2. The van der Waals surface area contributed by atoms with E-state index in [9.17, 15) is 9.59 Å². The van der Waals surface area contributed by atoms with E-state index in [-0.39, 0.29) is 11.5 Å². The normalized spacial score (nSPS) is 9.91. The highest BCUT2D eigenvalue weighted by molar-refractivity contribution is 6.33. The summed E-state index contributed by atoms with van der Waals surface area (Å²) in [6, 6.07) is 10.2. The number of methoxy groups -OCH3 is 1. The summed E-state index contributed by atoms with van der Waals surface area (Å²) in [5, 5.41) is 30.1. The summed E-state index contributed by atoms with van der Waals surface area (Å²) in [6.45, 7) is 3.83. The molecule has 11 heteroatoms. The van der Waals surface area contributed by atoms with Gasteiger partial charge in [-0.05, 0) is 49.2 Å². The fraction of sp³-hybridized carbons (Fsp3) is 0.167. The second kappa shape index (κ2) is 12.7. The first-order valence-electron chi connectivity index (χ1n) is 10.1. The van der Waals surface area contributed by atoms with E-state index in [4.69, 9.17) is 33.4 Å². The number of benzene rings is 2. The summed E-state index contributed by atoms with van der Waals surface area (Å²) in [6.07, 6.45) is 3.02. The van der Waals surface area contributed by atoms with Crippen molar-refractivity contribution in [1.29, 1.82) is 0 Å². The molecule has 0 radical (unpaired) electrons. The Kier molecular flexibility index (Phi) is 10.0. The predicted octanol–water partition coefficient (Wildman–Crippen LogP) is 5.17. The number of hydrogen-bond donors (Lipinski definition) is 4. The van der Waals surface area contributed by atoms with E-state index in [1.807, 2.05) is 19.9 Å². The van der Waals surface area contributed by atoms with Gasteiger partial charge in [-0.2, -0.15) is 10.2 Å². The second-order valence-corrected chi connectivity index (χ2v) is 7.86. The van der Waals surface area contributed by atoms with E-state index in [0.717, 1.165) is 29.4 Å². The van der Waals surface area contributed by atoms with Crippen LogP contribution in [0.5, 0.6) is 0 Å². The van der Waals surface area contributed by atoms with Crippen LogP contribution in [-0.4, -0.2) is 56.8 Å².